The Hall–Kier alpha value is -4.32. The lowest BCUT2D eigenvalue weighted by Crippen LogP contribution is -2.54. The largest absolute Gasteiger partial charge is 0.494 e. The van der Waals surface area contributed by atoms with E-state index < -0.39 is 29.7 Å². The maximum Gasteiger partial charge on any atom is 0.410 e. The minimum absolute atomic E-state index is 0.0906. The molecule has 1 unspecified atom stereocenters. The topological polar surface area (TPSA) is 148 Å². The molecule has 1 fully saturated rings. The van der Waals surface area contributed by atoms with Gasteiger partial charge in [0.15, 0.2) is 12.2 Å². The minimum atomic E-state index is -1.08. The SMILES string of the molecule is COc1cnc(NC2CCC2)cc1C(=O)NC[C@@H](O)C1Cc2ccc(OCc3ocnc3C)cc2CN1C(=O)OC(C)(C)C. The molecule has 0 spiro atoms. The van der Waals surface area contributed by atoms with Gasteiger partial charge in [-0.1, -0.05) is 6.07 Å². The molecule has 0 bridgehead atoms. The molecule has 1 aliphatic carbocycles. The van der Waals surface area contributed by atoms with Crippen molar-refractivity contribution in [2.24, 2.45) is 0 Å². The van der Waals surface area contributed by atoms with Crippen molar-refractivity contribution in [1.82, 2.24) is 20.2 Å². The fourth-order valence-electron chi connectivity index (χ4n) is 5.20. The summed E-state index contributed by atoms with van der Waals surface area (Å²) in [6.45, 7) is 7.56. The minimum Gasteiger partial charge on any atom is -0.494 e. The highest BCUT2D eigenvalue weighted by atomic mass is 16.6. The van der Waals surface area contributed by atoms with Gasteiger partial charge in [-0.25, -0.2) is 14.8 Å². The highest BCUT2D eigenvalue weighted by Gasteiger charge is 2.37. The van der Waals surface area contributed by atoms with Crippen LogP contribution in [0.4, 0.5) is 10.6 Å². The van der Waals surface area contributed by atoms with E-state index in [0.29, 0.717) is 41.1 Å². The van der Waals surface area contributed by atoms with Gasteiger partial charge in [0.1, 0.15) is 29.5 Å². The molecule has 236 valence electrons. The van der Waals surface area contributed by atoms with Crippen molar-refractivity contribution in [3.63, 3.8) is 0 Å². The second-order valence-corrected chi connectivity index (χ2v) is 12.3. The molecular formula is C32H41N5O7. The van der Waals surface area contributed by atoms with E-state index in [1.54, 1.807) is 26.8 Å². The number of carbonyl (C=O) groups is 2. The molecule has 5 rings (SSSR count). The summed E-state index contributed by atoms with van der Waals surface area (Å²) in [6.07, 6.45) is 4.93. The smallest absolute Gasteiger partial charge is 0.410 e. The average Bonchev–Trinajstić information content (AvgIpc) is 3.39. The number of hydrogen-bond acceptors (Lipinski definition) is 10. The number of hydrogen-bond donors (Lipinski definition) is 3. The Balaban J connectivity index is 1.29. The first-order chi connectivity index (χ1) is 21.0. The molecule has 12 heteroatoms. The first-order valence-electron chi connectivity index (χ1n) is 14.9. The van der Waals surface area contributed by atoms with Crippen LogP contribution >= 0.6 is 0 Å². The van der Waals surface area contributed by atoms with Gasteiger partial charge in [0.2, 0.25) is 0 Å². The van der Waals surface area contributed by atoms with Crippen LogP contribution in [0.15, 0.2) is 41.3 Å². The first kappa shape index (κ1) is 31.1. The van der Waals surface area contributed by atoms with Crippen molar-refractivity contribution in [3.8, 4) is 11.5 Å². The number of pyridine rings is 1. The van der Waals surface area contributed by atoms with Crippen LogP contribution in [0, 0.1) is 6.92 Å². The number of benzene rings is 1. The normalized spacial score (nSPS) is 17.2. The molecule has 0 radical (unpaired) electrons. The molecule has 1 aromatic carbocycles. The van der Waals surface area contributed by atoms with Crippen LogP contribution in [0.1, 0.15) is 73.0 Å². The number of rotatable bonds is 10. The van der Waals surface area contributed by atoms with Crippen molar-refractivity contribution in [2.45, 2.75) is 90.3 Å². The Bertz CT molecular complexity index is 1480. The second kappa shape index (κ2) is 13.1. The lowest BCUT2D eigenvalue weighted by Gasteiger charge is -2.40. The molecule has 1 aliphatic heterocycles. The van der Waals surface area contributed by atoms with Gasteiger partial charge in [0, 0.05) is 19.1 Å². The molecular weight excluding hydrogens is 566 g/mol. The summed E-state index contributed by atoms with van der Waals surface area (Å²) in [6, 6.07) is 7.03. The average molecular weight is 608 g/mol. The summed E-state index contributed by atoms with van der Waals surface area (Å²) in [4.78, 5) is 36.6. The van der Waals surface area contributed by atoms with E-state index in [9.17, 15) is 14.7 Å². The highest BCUT2D eigenvalue weighted by molar-refractivity contribution is 5.97. The summed E-state index contributed by atoms with van der Waals surface area (Å²) >= 11 is 0. The number of fused-ring (bicyclic) bond motifs is 1. The van der Waals surface area contributed by atoms with E-state index in [4.69, 9.17) is 18.6 Å². The molecule has 3 heterocycles. The molecule has 2 atom stereocenters. The zero-order valence-electron chi connectivity index (χ0n) is 25.9. The molecule has 44 heavy (non-hydrogen) atoms. The summed E-state index contributed by atoms with van der Waals surface area (Å²) in [5, 5.41) is 17.5. The summed E-state index contributed by atoms with van der Waals surface area (Å²) < 4.78 is 22.4. The van der Waals surface area contributed by atoms with Gasteiger partial charge in [-0.05, 0) is 82.7 Å². The standard InChI is InChI=1S/C32H41N5O7/c1-19-28(43-18-35-19)17-42-23-10-9-20-12-25(37(16-21(20)11-23)31(40)44-32(2,3)4)26(38)14-34-30(39)24-13-29(33-15-27(24)41-5)36-22-7-6-8-22/h9-11,13,15,18,22,25-26,38H,6-8,12,14,16-17H2,1-5H3,(H,33,36)(H,34,39)/t25?,26-/m1/s1. The highest BCUT2D eigenvalue weighted by Crippen LogP contribution is 2.31. The number of aryl methyl sites for hydroxylation is 1. The van der Waals surface area contributed by atoms with Crippen LogP contribution < -0.4 is 20.1 Å². The predicted octanol–water partition coefficient (Wildman–Crippen LogP) is 4.38. The quantitative estimate of drug-likeness (QED) is 0.303. The van der Waals surface area contributed by atoms with Crippen LogP contribution in [0.25, 0.3) is 0 Å². The number of methoxy groups -OCH3 is 1. The fraction of sp³-hybridized carbons (Fsp3) is 0.500. The Kier molecular flexibility index (Phi) is 9.28. The molecule has 12 nitrogen and oxygen atoms in total. The van der Waals surface area contributed by atoms with Gasteiger partial charge >= 0.3 is 6.09 Å². The maximum atomic E-state index is 13.4. The van der Waals surface area contributed by atoms with E-state index in [1.165, 1.54) is 31.0 Å². The predicted molar refractivity (Wildman–Crippen MR) is 162 cm³/mol. The molecule has 1 saturated carbocycles. The number of anilines is 1. The molecule has 2 aromatic heterocycles. The summed E-state index contributed by atoms with van der Waals surface area (Å²) in [7, 11) is 1.48. The lowest BCUT2D eigenvalue weighted by atomic mass is 9.91. The summed E-state index contributed by atoms with van der Waals surface area (Å²) in [5.74, 6) is 1.77. The van der Waals surface area contributed by atoms with E-state index in [2.05, 4.69) is 20.6 Å². The van der Waals surface area contributed by atoms with Gasteiger partial charge in [-0.15, -0.1) is 0 Å². The number of amides is 2. The van der Waals surface area contributed by atoms with Crippen LogP contribution in [-0.4, -0.2) is 69.4 Å². The zero-order valence-corrected chi connectivity index (χ0v) is 25.9. The fourth-order valence-corrected chi connectivity index (χ4v) is 5.20. The number of aliphatic hydroxyl groups is 1. The monoisotopic (exact) mass is 607 g/mol. The Morgan fingerprint density at radius 3 is 2.64 bits per heavy atom. The molecule has 2 aliphatic rings. The van der Waals surface area contributed by atoms with Crippen LogP contribution in [-0.2, 0) is 24.3 Å². The lowest BCUT2D eigenvalue weighted by molar-refractivity contribution is -0.0113. The van der Waals surface area contributed by atoms with Crippen molar-refractivity contribution < 1.29 is 33.3 Å². The number of carbonyl (C=O) groups excluding carboxylic acids is 2. The number of oxazole rings is 1. The number of ether oxygens (including phenoxy) is 3. The molecule has 2 amide bonds. The van der Waals surface area contributed by atoms with Crippen molar-refractivity contribution >= 4 is 17.8 Å². The van der Waals surface area contributed by atoms with Crippen molar-refractivity contribution in [3.05, 3.63) is 65.0 Å². The number of nitrogens with one attached hydrogen (secondary N) is 2. The van der Waals surface area contributed by atoms with Gasteiger partial charge in [-0.2, -0.15) is 0 Å². The van der Waals surface area contributed by atoms with E-state index in [0.717, 1.165) is 29.7 Å². The third-order valence-corrected chi connectivity index (χ3v) is 7.90. The molecule has 3 aromatic rings. The third-order valence-electron chi connectivity index (χ3n) is 7.90. The first-order valence-corrected chi connectivity index (χ1v) is 14.9. The summed E-state index contributed by atoms with van der Waals surface area (Å²) in [5.41, 5.74) is 2.18. The Labute approximate surface area is 257 Å². The van der Waals surface area contributed by atoms with Gasteiger partial charge in [0.25, 0.3) is 5.91 Å². The third kappa shape index (κ3) is 7.42. The second-order valence-electron chi connectivity index (χ2n) is 12.3. The van der Waals surface area contributed by atoms with E-state index >= 15 is 0 Å². The molecule has 0 saturated heterocycles. The number of nitrogens with zero attached hydrogens (tertiary/aromatic N) is 3. The number of aliphatic hydroxyl groups excluding tert-OH is 1. The van der Waals surface area contributed by atoms with Gasteiger partial charge < -0.3 is 34.4 Å². The Morgan fingerprint density at radius 2 is 1.98 bits per heavy atom. The van der Waals surface area contributed by atoms with Crippen molar-refractivity contribution in [2.75, 3.05) is 19.0 Å². The van der Waals surface area contributed by atoms with Crippen molar-refractivity contribution in [1.29, 1.82) is 0 Å². The number of aromatic nitrogens is 2. The van der Waals surface area contributed by atoms with E-state index in [-0.39, 0.29) is 19.7 Å². The van der Waals surface area contributed by atoms with Gasteiger partial charge in [0.05, 0.1) is 36.7 Å². The maximum absolute atomic E-state index is 13.4. The van der Waals surface area contributed by atoms with Gasteiger partial charge in [-0.3, -0.25) is 9.69 Å². The molecule has 3 N–H and O–H groups in total. The van der Waals surface area contributed by atoms with Crippen LogP contribution in [0.5, 0.6) is 11.5 Å². The zero-order chi connectivity index (χ0) is 31.4. The van der Waals surface area contributed by atoms with Crippen LogP contribution in [0.3, 0.4) is 0 Å². The van der Waals surface area contributed by atoms with E-state index in [1.807, 2.05) is 25.1 Å². The Morgan fingerprint density at radius 1 is 1.18 bits per heavy atom. The van der Waals surface area contributed by atoms with Crippen LogP contribution in [0.2, 0.25) is 0 Å².